The zero-order valence-electron chi connectivity index (χ0n) is 10.3. The lowest BCUT2D eigenvalue weighted by molar-refractivity contribution is 0.190. The summed E-state index contributed by atoms with van der Waals surface area (Å²) in [5.41, 5.74) is 0.738. The molecule has 1 aromatic rings. The third-order valence-electron chi connectivity index (χ3n) is 2.77. The molecule has 1 aromatic heterocycles. The maximum absolute atomic E-state index is 9.48. The van der Waals surface area contributed by atoms with Crippen LogP contribution in [0.4, 0.5) is 0 Å². The Morgan fingerprint density at radius 2 is 2.35 bits per heavy atom. The highest BCUT2D eigenvalue weighted by molar-refractivity contribution is 7.99. The molecule has 2 rings (SSSR count). The molecule has 0 spiro atoms. The summed E-state index contributed by atoms with van der Waals surface area (Å²) >= 11 is 1.59. The maximum Gasteiger partial charge on any atom is 0.187 e. The van der Waals surface area contributed by atoms with Crippen molar-refractivity contribution in [2.45, 2.75) is 43.4 Å². The van der Waals surface area contributed by atoms with E-state index in [0.29, 0.717) is 6.04 Å². The van der Waals surface area contributed by atoms with E-state index in [0.717, 1.165) is 16.6 Å². The van der Waals surface area contributed by atoms with Gasteiger partial charge in [-0.15, -0.1) is 0 Å². The first-order chi connectivity index (χ1) is 8.11. The van der Waals surface area contributed by atoms with E-state index in [-0.39, 0.29) is 12.1 Å². The first kappa shape index (κ1) is 12.8. The largest absolute Gasteiger partial charge is 0.394 e. The van der Waals surface area contributed by atoms with Crippen LogP contribution in [0.2, 0.25) is 0 Å². The fourth-order valence-electron chi connectivity index (χ4n) is 1.57. The zero-order valence-corrected chi connectivity index (χ0v) is 11.1. The number of aliphatic hydroxyl groups excluding tert-OH is 1. The SMILES string of the molecule is Cc1ccnc(SCC(C)(CO)NC2CC2)n1. The van der Waals surface area contributed by atoms with Crippen LogP contribution in [0.25, 0.3) is 0 Å². The summed E-state index contributed by atoms with van der Waals surface area (Å²) < 4.78 is 0. The molecule has 4 nitrogen and oxygen atoms in total. The predicted octanol–water partition coefficient (Wildman–Crippen LogP) is 1.38. The van der Waals surface area contributed by atoms with Crippen molar-refractivity contribution >= 4 is 11.8 Å². The van der Waals surface area contributed by atoms with Crippen LogP contribution in [0.1, 0.15) is 25.5 Å². The standard InChI is InChI=1S/C12H19N3OS/c1-9-5-6-13-11(14-9)17-8-12(2,7-16)15-10-3-4-10/h5-6,10,15-16H,3-4,7-8H2,1-2H3. The molecule has 1 aliphatic rings. The molecule has 94 valence electrons. The van der Waals surface area contributed by atoms with Crippen molar-refractivity contribution in [1.82, 2.24) is 15.3 Å². The molecule has 0 bridgehead atoms. The van der Waals surface area contributed by atoms with Crippen LogP contribution in [0.5, 0.6) is 0 Å². The quantitative estimate of drug-likeness (QED) is 0.592. The molecular weight excluding hydrogens is 234 g/mol. The van der Waals surface area contributed by atoms with Crippen molar-refractivity contribution in [1.29, 1.82) is 0 Å². The van der Waals surface area contributed by atoms with Gasteiger partial charge in [0.05, 0.1) is 6.61 Å². The van der Waals surface area contributed by atoms with Gasteiger partial charge in [-0.05, 0) is 32.8 Å². The summed E-state index contributed by atoms with van der Waals surface area (Å²) in [6, 6.07) is 2.48. The Labute approximate surface area is 106 Å². The third-order valence-corrected chi connectivity index (χ3v) is 4.01. The Bertz CT molecular complexity index is 384. The molecule has 1 aliphatic carbocycles. The topological polar surface area (TPSA) is 58.0 Å². The van der Waals surface area contributed by atoms with Gasteiger partial charge in [-0.1, -0.05) is 11.8 Å². The van der Waals surface area contributed by atoms with E-state index >= 15 is 0 Å². The van der Waals surface area contributed by atoms with Crippen LogP contribution >= 0.6 is 11.8 Å². The number of nitrogens with one attached hydrogen (secondary N) is 1. The van der Waals surface area contributed by atoms with E-state index in [1.165, 1.54) is 12.8 Å². The average Bonchev–Trinajstić information content (AvgIpc) is 3.11. The van der Waals surface area contributed by atoms with Gasteiger partial charge in [0, 0.05) is 29.2 Å². The molecule has 0 aliphatic heterocycles. The maximum atomic E-state index is 9.48. The molecule has 1 unspecified atom stereocenters. The molecule has 1 saturated carbocycles. The second kappa shape index (κ2) is 5.33. The molecule has 1 fully saturated rings. The van der Waals surface area contributed by atoms with E-state index in [4.69, 9.17) is 0 Å². The van der Waals surface area contributed by atoms with Gasteiger partial charge in [-0.25, -0.2) is 9.97 Å². The van der Waals surface area contributed by atoms with Crippen LogP contribution < -0.4 is 5.32 Å². The Kier molecular flexibility index (Phi) is 4.01. The minimum Gasteiger partial charge on any atom is -0.394 e. The lowest BCUT2D eigenvalue weighted by Crippen LogP contribution is -2.49. The van der Waals surface area contributed by atoms with Gasteiger partial charge in [0.2, 0.25) is 0 Å². The van der Waals surface area contributed by atoms with Gasteiger partial charge in [-0.3, -0.25) is 0 Å². The van der Waals surface area contributed by atoms with E-state index in [1.807, 2.05) is 19.9 Å². The van der Waals surface area contributed by atoms with E-state index in [2.05, 4.69) is 15.3 Å². The van der Waals surface area contributed by atoms with Gasteiger partial charge in [0.25, 0.3) is 0 Å². The van der Waals surface area contributed by atoms with Gasteiger partial charge in [0.15, 0.2) is 5.16 Å². The molecular formula is C12H19N3OS. The zero-order chi connectivity index (χ0) is 12.3. The Morgan fingerprint density at radius 1 is 1.59 bits per heavy atom. The van der Waals surface area contributed by atoms with Gasteiger partial charge in [0.1, 0.15) is 0 Å². The van der Waals surface area contributed by atoms with E-state index in [9.17, 15) is 5.11 Å². The second-order valence-electron chi connectivity index (χ2n) is 4.91. The fourth-order valence-corrected chi connectivity index (χ4v) is 2.54. The summed E-state index contributed by atoms with van der Waals surface area (Å²) in [4.78, 5) is 8.56. The molecule has 0 saturated heterocycles. The highest BCUT2D eigenvalue weighted by atomic mass is 32.2. The van der Waals surface area contributed by atoms with Crippen molar-refractivity contribution in [3.63, 3.8) is 0 Å². The Balaban J connectivity index is 1.90. The third kappa shape index (κ3) is 3.94. The first-order valence-corrected chi connectivity index (χ1v) is 6.91. The van der Waals surface area contributed by atoms with E-state index in [1.54, 1.807) is 18.0 Å². The Morgan fingerprint density at radius 3 is 2.94 bits per heavy atom. The monoisotopic (exact) mass is 253 g/mol. The van der Waals surface area contributed by atoms with E-state index < -0.39 is 0 Å². The summed E-state index contributed by atoms with van der Waals surface area (Å²) in [7, 11) is 0. The molecule has 1 atom stereocenters. The van der Waals surface area contributed by atoms with Crippen molar-refractivity contribution in [3.05, 3.63) is 18.0 Å². The minimum atomic E-state index is -0.237. The minimum absolute atomic E-state index is 0.141. The number of aromatic nitrogens is 2. The molecule has 2 N–H and O–H groups in total. The number of hydrogen-bond acceptors (Lipinski definition) is 5. The van der Waals surface area contributed by atoms with Crippen LogP contribution in [0, 0.1) is 6.92 Å². The van der Waals surface area contributed by atoms with Crippen LogP contribution in [0.15, 0.2) is 17.4 Å². The number of aryl methyl sites for hydroxylation is 1. The summed E-state index contributed by atoms with van der Waals surface area (Å²) in [6.45, 7) is 4.15. The first-order valence-electron chi connectivity index (χ1n) is 5.92. The molecule has 0 amide bonds. The molecule has 5 heteroatoms. The number of hydrogen-bond donors (Lipinski definition) is 2. The lowest BCUT2D eigenvalue weighted by Gasteiger charge is -2.28. The molecule has 1 heterocycles. The summed E-state index contributed by atoms with van der Waals surface area (Å²) in [5, 5.41) is 13.7. The van der Waals surface area contributed by atoms with Crippen LogP contribution in [-0.2, 0) is 0 Å². The molecule has 17 heavy (non-hydrogen) atoms. The fraction of sp³-hybridized carbons (Fsp3) is 0.667. The van der Waals surface area contributed by atoms with Gasteiger partial charge in [-0.2, -0.15) is 0 Å². The van der Waals surface area contributed by atoms with Crippen LogP contribution in [0.3, 0.4) is 0 Å². The normalized spacial score (nSPS) is 19.0. The molecule has 0 radical (unpaired) electrons. The van der Waals surface area contributed by atoms with Crippen molar-refractivity contribution in [2.75, 3.05) is 12.4 Å². The van der Waals surface area contributed by atoms with Gasteiger partial charge >= 0.3 is 0 Å². The van der Waals surface area contributed by atoms with Gasteiger partial charge < -0.3 is 10.4 Å². The number of aliphatic hydroxyl groups is 1. The number of thioether (sulfide) groups is 1. The molecule has 0 aromatic carbocycles. The lowest BCUT2D eigenvalue weighted by atomic mass is 10.1. The average molecular weight is 253 g/mol. The summed E-state index contributed by atoms with van der Waals surface area (Å²) in [5.74, 6) is 0.781. The highest BCUT2D eigenvalue weighted by Gasteiger charge is 2.32. The van der Waals surface area contributed by atoms with Crippen LogP contribution in [-0.4, -0.2) is 39.0 Å². The number of nitrogens with zero attached hydrogens (tertiary/aromatic N) is 2. The van der Waals surface area contributed by atoms with Crippen molar-refractivity contribution < 1.29 is 5.11 Å². The second-order valence-corrected chi connectivity index (χ2v) is 5.85. The Hall–Kier alpha value is -0.650. The van der Waals surface area contributed by atoms with Crippen molar-refractivity contribution in [3.8, 4) is 0 Å². The smallest absolute Gasteiger partial charge is 0.187 e. The highest BCUT2D eigenvalue weighted by Crippen LogP contribution is 2.25. The van der Waals surface area contributed by atoms with Crippen molar-refractivity contribution in [2.24, 2.45) is 0 Å². The predicted molar refractivity (Wildman–Crippen MR) is 69.1 cm³/mol. The summed E-state index contributed by atoms with van der Waals surface area (Å²) in [6.07, 6.45) is 4.22. The number of rotatable bonds is 6.